The van der Waals surface area contributed by atoms with Gasteiger partial charge in [0.25, 0.3) is 0 Å². The van der Waals surface area contributed by atoms with Gasteiger partial charge in [-0.2, -0.15) is 0 Å². The molecule has 0 unspecified atom stereocenters. The quantitative estimate of drug-likeness (QED) is 0.0343. The van der Waals surface area contributed by atoms with Crippen molar-refractivity contribution < 1.29 is 28.6 Å². The molecule has 59 heavy (non-hydrogen) atoms. The van der Waals surface area contributed by atoms with Gasteiger partial charge in [0.05, 0.1) is 25.7 Å². The van der Waals surface area contributed by atoms with Gasteiger partial charge in [-0.25, -0.2) is 0 Å². The van der Waals surface area contributed by atoms with Crippen molar-refractivity contribution in [3.63, 3.8) is 0 Å². The van der Waals surface area contributed by atoms with Crippen LogP contribution in [0.1, 0.15) is 260 Å². The van der Waals surface area contributed by atoms with E-state index < -0.39 is 0 Å². The van der Waals surface area contributed by atoms with Crippen molar-refractivity contribution >= 4 is 17.9 Å². The van der Waals surface area contributed by atoms with Gasteiger partial charge in [0.2, 0.25) is 0 Å². The topological polar surface area (TPSA) is 82.1 Å². The Morgan fingerprint density at radius 1 is 0.373 bits per heavy atom. The maximum absolute atomic E-state index is 13.2. The summed E-state index contributed by atoms with van der Waals surface area (Å²) in [7, 11) is 0. The highest BCUT2D eigenvalue weighted by molar-refractivity contribution is 5.72. The van der Waals surface area contributed by atoms with E-state index in [9.17, 15) is 14.4 Å². The highest BCUT2D eigenvalue weighted by atomic mass is 16.5. The van der Waals surface area contributed by atoms with Gasteiger partial charge in [-0.15, -0.1) is 0 Å². The van der Waals surface area contributed by atoms with Crippen molar-refractivity contribution in [3.8, 4) is 0 Å². The number of nitrogens with zero attached hydrogens (tertiary/aromatic N) is 1. The van der Waals surface area contributed by atoms with Crippen LogP contribution in [0.5, 0.6) is 0 Å². The molecule has 0 fully saturated rings. The molecule has 0 saturated carbocycles. The molecular formula is C52H101NO6. The lowest BCUT2D eigenvalue weighted by molar-refractivity contribution is -0.149. The molecule has 0 atom stereocenters. The van der Waals surface area contributed by atoms with Gasteiger partial charge >= 0.3 is 17.9 Å². The summed E-state index contributed by atoms with van der Waals surface area (Å²) in [5, 5.41) is 0. The SMILES string of the molecule is CCCCCC(CCCCC)CC(=O)OCCCCCCCCC(CCCCCCCCOC(=O)CC(CCCCC)CCCCC)C(=O)OCCCCN(CC)CC. The standard InChI is InChI=1S/C52H101NO6/c1-7-13-25-35-47(36-26-14-8-2)45-50(54)57-42-32-23-19-17-21-29-39-49(52(56)59-44-34-31-41-53(11-5)12-6)40-30-22-18-20-24-33-43-58-51(55)46-48(37-27-15-9-3)38-28-16-10-4/h47-49H,7-46H2,1-6H3. The van der Waals surface area contributed by atoms with Crippen molar-refractivity contribution in [2.45, 2.75) is 260 Å². The monoisotopic (exact) mass is 836 g/mol. The van der Waals surface area contributed by atoms with Crippen molar-refractivity contribution in [2.75, 3.05) is 39.5 Å². The predicted octanol–water partition coefficient (Wildman–Crippen LogP) is 15.1. The summed E-state index contributed by atoms with van der Waals surface area (Å²) < 4.78 is 17.2. The van der Waals surface area contributed by atoms with Crippen LogP contribution in [0.3, 0.4) is 0 Å². The fraction of sp³-hybridized carbons (Fsp3) is 0.942. The summed E-state index contributed by atoms with van der Waals surface area (Å²) in [5.74, 6) is 0.965. The average Bonchev–Trinajstić information content (AvgIpc) is 3.23. The minimum atomic E-state index is -0.00264. The minimum Gasteiger partial charge on any atom is -0.466 e. The maximum Gasteiger partial charge on any atom is 0.308 e. The molecule has 350 valence electrons. The summed E-state index contributed by atoms with van der Waals surface area (Å²) in [5.41, 5.74) is 0. The van der Waals surface area contributed by atoms with Gasteiger partial charge in [0.1, 0.15) is 0 Å². The first kappa shape index (κ1) is 57.4. The second-order valence-electron chi connectivity index (χ2n) is 18.0. The van der Waals surface area contributed by atoms with Crippen molar-refractivity contribution in [1.82, 2.24) is 4.90 Å². The third kappa shape index (κ3) is 37.8. The van der Waals surface area contributed by atoms with Crippen molar-refractivity contribution in [1.29, 1.82) is 0 Å². The number of carbonyl (C=O) groups is 3. The van der Waals surface area contributed by atoms with Gasteiger partial charge in [-0.3, -0.25) is 14.4 Å². The number of carbonyl (C=O) groups excluding carboxylic acids is 3. The molecule has 0 heterocycles. The van der Waals surface area contributed by atoms with Crippen LogP contribution in [-0.2, 0) is 28.6 Å². The minimum absolute atomic E-state index is 0.00261. The summed E-state index contributed by atoms with van der Waals surface area (Å²) in [6, 6.07) is 0. The molecule has 0 aliphatic carbocycles. The van der Waals surface area contributed by atoms with E-state index in [1.54, 1.807) is 0 Å². The van der Waals surface area contributed by atoms with E-state index in [1.807, 2.05) is 0 Å². The lowest BCUT2D eigenvalue weighted by Crippen LogP contribution is -2.24. The fourth-order valence-corrected chi connectivity index (χ4v) is 8.44. The molecule has 0 N–H and O–H groups in total. The van der Waals surface area contributed by atoms with Crippen molar-refractivity contribution in [3.05, 3.63) is 0 Å². The largest absolute Gasteiger partial charge is 0.466 e. The van der Waals surface area contributed by atoms with Crippen LogP contribution >= 0.6 is 0 Å². The Kier molecular flexibility index (Phi) is 43.2. The number of unbranched alkanes of at least 4 members (excludes halogenated alkanes) is 19. The second-order valence-corrected chi connectivity index (χ2v) is 18.0. The lowest BCUT2D eigenvalue weighted by Gasteiger charge is -2.18. The van der Waals surface area contributed by atoms with E-state index in [4.69, 9.17) is 14.2 Å². The van der Waals surface area contributed by atoms with E-state index in [0.717, 1.165) is 148 Å². The van der Waals surface area contributed by atoms with Gasteiger partial charge in [-0.05, 0) is 95.7 Å². The molecule has 0 amide bonds. The number of ether oxygens (including phenoxy) is 3. The second kappa shape index (κ2) is 44.4. The van der Waals surface area contributed by atoms with E-state index in [-0.39, 0.29) is 23.8 Å². The molecule has 0 aromatic heterocycles. The van der Waals surface area contributed by atoms with Gasteiger partial charge < -0.3 is 19.1 Å². The Labute approximate surface area is 367 Å². The summed E-state index contributed by atoms with van der Waals surface area (Å²) >= 11 is 0. The number of esters is 3. The molecule has 0 spiro atoms. The molecule has 0 aliphatic rings. The highest BCUT2D eigenvalue weighted by Gasteiger charge is 2.20. The van der Waals surface area contributed by atoms with Crippen LogP contribution in [0.15, 0.2) is 0 Å². The fourth-order valence-electron chi connectivity index (χ4n) is 8.44. The number of rotatable bonds is 46. The van der Waals surface area contributed by atoms with Crippen LogP contribution in [0.4, 0.5) is 0 Å². The Morgan fingerprint density at radius 3 is 1.07 bits per heavy atom. The first-order valence-corrected chi connectivity index (χ1v) is 26.0. The molecule has 0 aromatic carbocycles. The molecule has 0 saturated heterocycles. The summed E-state index contributed by atoms with van der Waals surface area (Å²) in [6.07, 6.45) is 37.5. The zero-order valence-electron chi connectivity index (χ0n) is 40.4. The Bertz CT molecular complexity index is 847. The molecule has 7 nitrogen and oxygen atoms in total. The third-order valence-corrected chi connectivity index (χ3v) is 12.5. The van der Waals surface area contributed by atoms with Gasteiger partial charge in [-0.1, -0.05) is 183 Å². The molecule has 7 heteroatoms. The Morgan fingerprint density at radius 2 is 0.695 bits per heavy atom. The zero-order valence-corrected chi connectivity index (χ0v) is 40.4. The predicted molar refractivity (Wildman–Crippen MR) is 251 cm³/mol. The molecule has 0 bridgehead atoms. The van der Waals surface area contributed by atoms with Gasteiger partial charge in [0, 0.05) is 12.8 Å². The number of hydrogen-bond donors (Lipinski definition) is 0. The van der Waals surface area contributed by atoms with Crippen LogP contribution in [-0.4, -0.2) is 62.3 Å². The first-order chi connectivity index (χ1) is 28.8. The summed E-state index contributed by atoms with van der Waals surface area (Å²) in [6.45, 7) is 18.2. The normalized spacial score (nSPS) is 11.7. The average molecular weight is 836 g/mol. The first-order valence-electron chi connectivity index (χ1n) is 26.0. The smallest absolute Gasteiger partial charge is 0.308 e. The van der Waals surface area contributed by atoms with E-state index in [1.165, 1.54) is 77.0 Å². The molecule has 0 radical (unpaired) electrons. The maximum atomic E-state index is 13.2. The van der Waals surface area contributed by atoms with E-state index in [2.05, 4.69) is 46.4 Å². The van der Waals surface area contributed by atoms with Crippen molar-refractivity contribution in [2.24, 2.45) is 17.8 Å². The van der Waals surface area contributed by atoms with Crippen LogP contribution in [0.25, 0.3) is 0 Å². The Balaban J connectivity index is 4.47. The van der Waals surface area contributed by atoms with Crippen LogP contribution < -0.4 is 0 Å². The van der Waals surface area contributed by atoms with Gasteiger partial charge in [0.15, 0.2) is 0 Å². The third-order valence-electron chi connectivity index (χ3n) is 12.5. The van der Waals surface area contributed by atoms with E-state index >= 15 is 0 Å². The zero-order chi connectivity index (χ0) is 43.4. The number of hydrogen-bond acceptors (Lipinski definition) is 7. The Hall–Kier alpha value is -1.63. The molecular weight excluding hydrogens is 735 g/mol. The lowest BCUT2D eigenvalue weighted by atomic mass is 9.92. The molecule has 0 rings (SSSR count). The molecule has 0 aromatic rings. The molecule has 0 aliphatic heterocycles. The highest BCUT2D eigenvalue weighted by Crippen LogP contribution is 2.24. The summed E-state index contributed by atoms with van der Waals surface area (Å²) in [4.78, 5) is 40.8. The van der Waals surface area contributed by atoms with Crippen LogP contribution in [0, 0.1) is 17.8 Å². The van der Waals surface area contributed by atoms with Crippen LogP contribution in [0.2, 0.25) is 0 Å². The van der Waals surface area contributed by atoms with E-state index in [0.29, 0.717) is 44.5 Å².